The predicted molar refractivity (Wildman–Crippen MR) is 55.8 cm³/mol. The van der Waals surface area contributed by atoms with Crippen LogP contribution in [0.4, 0.5) is 0 Å². The smallest absolute Gasteiger partial charge is 0.0745 e. The van der Waals surface area contributed by atoms with E-state index in [0.717, 1.165) is 19.3 Å². The first-order chi connectivity index (χ1) is 6.11. The predicted octanol–water partition coefficient (Wildman–Crippen LogP) is 2.60. The number of aliphatic hydroxyl groups excluding tert-OH is 1. The van der Waals surface area contributed by atoms with Crippen molar-refractivity contribution >= 4 is 0 Å². The maximum absolute atomic E-state index is 9.10. The third kappa shape index (κ3) is 6.05. The van der Waals surface area contributed by atoms with Crippen LogP contribution in [0.25, 0.3) is 0 Å². The second kappa shape index (κ2) is 7.34. The van der Waals surface area contributed by atoms with Gasteiger partial charge in [-0.2, -0.15) is 0 Å². The van der Waals surface area contributed by atoms with Crippen molar-refractivity contribution in [2.45, 2.75) is 59.2 Å². The molecular weight excluding hydrogens is 164 g/mol. The summed E-state index contributed by atoms with van der Waals surface area (Å²) >= 11 is 0. The molecule has 0 radical (unpaired) electrons. The van der Waals surface area contributed by atoms with Crippen LogP contribution in [0, 0.1) is 5.92 Å². The van der Waals surface area contributed by atoms with Crippen molar-refractivity contribution in [3.8, 4) is 0 Å². The van der Waals surface area contributed by atoms with Gasteiger partial charge in [0.15, 0.2) is 0 Å². The molecule has 0 aliphatic heterocycles. The lowest BCUT2D eigenvalue weighted by molar-refractivity contribution is -0.0309. The highest BCUT2D eigenvalue weighted by Gasteiger charge is 2.15. The summed E-state index contributed by atoms with van der Waals surface area (Å²) in [5.74, 6) is 0.596. The Morgan fingerprint density at radius 3 is 2.23 bits per heavy atom. The van der Waals surface area contributed by atoms with Crippen LogP contribution in [-0.2, 0) is 4.74 Å². The third-order valence-electron chi connectivity index (χ3n) is 2.40. The fourth-order valence-electron chi connectivity index (χ4n) is 1.34. The molecule has 0 aliphatic rings. The van der Waals surface area contributed by atoms with E-state index in [-0.39, 0.29) is 6.10 Å². The quantitative estimate of drug-likeness (QED) is 0.665. The summed E-state index contributed by atoms with van der Waals surface area (Å²) in [5, 5.41) is 9.10. The Labute approximate surface area is 82.3 Å². The Hall–Kier alpha value is -0.0800. The first-order valence-electron chi connectivity index (χ1n) is 5.41. The molecule has 0 amide bonds. The van der Waals surface area contributed by atoms with Crippen LogP contribution in [0.1, 0.15) is 47.0 Å². The molecule has 2 heteroatoms. The van der Waals surface area contributed by atoms with E-state index >= 15 is 0 Å². The van der Waals surface area contributed by atoms with E-state index in [9.17, 15) is 0 Å². The van der Waals surface area contributed by atoms with E-state index in [2.05, 4.69) is 20.8 Å². The Bertz CT molecular complexity index is 113. The number of hydrogen-bond donors (Lipinski definition) is 1. The topological polar surface area (TPSA) is 29.5 Å². The summed E-state index contributed by atoms with van der Waals surface area (Å²) in [5.41, 5.74) is 0. The van der Waals surface area contributed by atoms with Gasteiger partial charge in [0.25, 0.3) is 0 Å². The van der Waals surface area contributed by atoms with E-state index in [1.807, 2.05) is 0 Å². The molecule has 0 aromatic carbocycles. The summed E-state index contributed by atoms with van der Waals surface area (Å²) in [6, 6.07) is 0. The average Bonchev–Trinajstić information content (AvgIpc) is 2.10. The van der Waals surface area contributed by atoms with Gasteiger partial charge in [0, 0.05) is 0 Å². The summed E-state index contributed by atoms with van der Waals surface area (Å²) < 4.78 is 5.65. The molecule has 0 aliphatic carbocycles. The number of ether oxygens (including phenoxy) is 1. The zero-order chi connectivity index (χ0) is 10.3. The molecule has 13 heavy (non-hydrogen) atoms. The molecule has 0 heterocycles. The van der Waals surface area contributed by atoms with Gasteiger partial charge >= 0.3 is 0 Å². The summed E-state index contributed by atoms with van der Waals surface area (Å²) in [6.45, 7) is 8.79. The lowest BCUT2D eigenvalue weighted by Crippen LogP contribution is -2.25. The minimum Gasteiger partial charge on any atom is -0.391 e. The normalized spacial score (nSPS) is 18.2. The van der Waals surface area contributed by atoms with E-state index in [0.29, 0.717) is 18.6 Å². The van der Waals surface area contributed by atoms with Gasteiger partial charge in [0.2, 0.25) is 0 Å². The molecule has 0 fully saturated rings. The first kappa shape index (κ1) is 12.9. The maximum atomic E-state index is 9.10. The Balaban J connectivity index is 3.79. The molecule has 0 saturated carbocycles. The van der Waals surface area contributed by atoms with E-state index < -0.39 is 0 Å². The highest BCUT2D eigenvalue weighted by molar-refractivity contribution is 4.65. The standard InChI is InChI=1S/C11H24O2/c1-5-7-11(9(3)6-2)13-8-10(4)12/h9-12H,5-8H2,1-4H3. The van der Waals surface area contributed by atoms with Gasteiger partial charge in [-0.3, -0.25) is 0 Å². The maximum Gasteiger partial charge on any atom is 0.0745 e. The van der Waals surface area contributed by atoms with Crippen molar-refractivity contribution in [3.63, 3.8) is 0 Å². The van der Waals surface area contributed by atoms with Crippen molar-refractivity contribution in [1.82, 2.24) is 0 Å². The van der Waals surface area contributed by atoms with E-state index in [4.69, 9.17) is 9.84 Å². The van der Waals surface area contributed by atoms with Gasteiger partial charge in [-0.05, 0) is 19.3 Å². The molecule has 0 spiro atoms. The van der Waals surface area contributed by atoms with Gasteiger partial charge in [-0.25, -0.2) is 0 Å². The van der Waals surface area contributed by atoms with E-state index in [1.54, 1.807) is 6.92 Å². The van der Waals surface area contributed by atoms with Crippen molar-refractivity contribution in [3.05, 3.63) is 0 Å². The molecule has 0 rings (SSSR count). The lowest BCUT2D eigenvalue weighted by atomic mass is 9.98. The van der Waals surface area contributed by atoms with Gasteiger partial charge in [-0.1, -0.05) is 33.6 Å². The van der Waals surface area contributed by atoms with Crippen LogP contribution in [0.2, 0.25) is 0 Å². The summed E-state index contributed by atoms with van der Waals surface area (Å²) in [6.07, 6.45) is 3.37. The monoisotopic (exact) mass is 188 g/mol. The lowest BCUT2D eigenvalue weighted by Gasteiger charge is -2.23. The number of aliphatic hydroxyl groups is 1. The molecule has 0 aromatic rings. The van der Waals surface area contributed by atoms with Crippen molar-refractivity contribution in [1.29, 1.82) is 0 Å². The SMILES string of the molecule is CCCC(OCC(C)O)C(C)CC. The Kier molecular flexibility index (Phi) is 7.29. The molecule has 2 nitrogen and oxygen atoms in total. The minimum absolute atomic E-state index is 0.324. The van der Waals surface area contributed by atoms with Gasteiger partial charge in [-0.15, -0.1) is 0 Å². The average molecular weight is 188 g/mol. The molecular formula is C11H24O2. The van der Waals surface area contributed by atoms with Gasteiger partial charge in [0.05, 0.1) is 18.8 Å². The molecule has 80 valence electrons. The van der Waals surface area contributed by atoms with Crippen molar-refractivity contribution < 1.29 is 9.84 Å². The Morgan fingerprint density at radius 1 is 1.23 bits per heavy atom. The van der Waals surface area contributed by atoms with Crippen molar-refractivity contribution in [2.24, 2.45) is 5.92 Å². The van der Waals surface area contributed by atoms with Crippen LogP contribution in [-0.4, -0.2) is 23.9 Å². The zero-order valence-electron chi connectivity index (χ0n) is 9.42. The molecule has 1 N–H and O–H groups in total. The van der Waals surface area contributed by atoms with E-state index in [1.165, 1.54) is 0 Å². The summed E-state index contributed by atoms with van der Waals surface area (Å²) in [7, 11) is 0. The zero-order valence-corrected chi connectivity index (χ0v) is 9.42. The third-order valence-corrected chi connectivity index (χ3v) is 2.40. The highest BCUT2D eigenvalue weighted by Crippen LogP contribution is 2.16. The van der Waals surface area contributed by atoms with Crippen LogP contribution >= 0.6 is 0 Å². The fraction of sp³-hybridized carbons (Fsp3) is 1.00. The minimum atomic E-state index is -0.344. The van der Waals surface area contributed by atoms with Gasteiger partial charge < -0.3 is 9.84 Å². The van der Waals surface area contributed by atoms with Crippen molar-refractivity contribution in [2.75, 3.05) is 6.61 Å². The second-order valence-corrected chi connectivity index (χ2v) is 3.90. The van der Waals surface area contributed by atoms with Crippen LogP contribution in [0.15, 0.2) is 0 Å². The largest absolute Gasteiger partial charge is 0.391 e. The van der Waals surface area contributed by atoms with Crippen LogP contribution in [0.5, 0.6) is 0 Å². The molecule has 0 saturated heterocycles. The molecule has 0 bridgehead atoms. The van der Waals surface area contributed by atoms with Gasteiger partial charge in [0.1, 0.15) is 0 Å². The van der Waals surface area contributed by atoms with Crippen LogP contribution in [0.3, 0.4) is 0 Å². The molecule has 3 unspecified atom stereocenters. The highest BCUT2D eigenvalue weighted by atomic mass is 16.5. The molecule has 0 aromatic heterocycles. The van der Waals surface area contributed by atoms with Crippen LogP contribution < -0.4 is 0 Å². The first-order valence-corrected chi connectivity index (χ1v) is 5.41. The number of hydrogen-bond acceptors (Lipinski definition) is 2. The summed E-state index contributed by atoms with van der Waals surface area (Å²) in [4.78, 5) is 0. The Morgan fingerprint density at radius 2 is 1.85 bits per heavy atom. The fourth-order valence-corrected chi connectivity index (χ4v) is 1.34. The molecule has 3 atom stereocenters. The number of rotatable bonds is 7. The second-order valence-electron chi connectivity index (χ2n) is 3.90.